The molecule has 3 aliphatic rings. The number of nitrogens with one attached hydrogen (secondary N) is 2. The molecule has 1 aromatic rings. The molecule has 4 rings (SSSR count). The van der Waals surface area contributed by atoms with Crippen LogP contribution >= 0.6 is 0 Å². The van der Waals surface area contributed by atoms with Crippen LogP contribution in [0.2, 0.25) is 0 Å². The Balaban J connectivity index is 1.25. The van der Waals surface area contributed by atoms with Gasteiger partial charge in [0.05, 0.1) is 6.54 Å². The summed E-state index contributed by atoms with van der Waals surface area (Å²) in [6.45, 7) is 1.96. The van der Waals surface area contributed by atoms with E-state index in [2.05, 4.69) is 10.6 Å². The van der Waals surface area contributed by atoms with Crippen molar-refractivity contribution < 1.29 is 18.0 Å². The minimum absolute atomic E-state index is 0.0923. The first-order valence-corrected chi connectivity index (χ1v) is 13.4. The van der Waals surface area contributed by atoms with Crippen molar-refractivity contribution in [2.45, 2.75) is 57.0 Å². The van der Waals surface area contributed by atoms with Crippen molar-refractivity contribution in [3.63, 3.8) is 0 Å². The predicted octanol–water partition coefficient (Wildman–Crippen LogP) is 1.64. The second-order valence-corrected chi connectivity index (χ2v) is 11.4. The lowest BCUT2D eigenvalue weighted by molar-refractivity contribution is -0.117. The first-order valence-electron chi connectivity index (χ1n) is 12.0. The van der Waals surface area contributed by atoms with E-state index in [0.29, 0.717) is 37.4 Å². The molecular weight excluding hydrogens is 442 g/mol. The zero-order valence-corrected chi connectivity index (χ0v) is 20.1. The molecule has 2 saturated carbocycles. The van der Waals surface area contributed by atoms with Crippen LogP contribution in [0.15, 0.2) is 24.3 Å². The minimum Gasteiger partial charge on any atom is -0.349 e. The summed E-state index contributed by atoms with van der Waals surface area (Å²) in [7, 11) is -1.78. The third-order valence-corrected chi connectivity index (χ3v) is 8.84. The maximum absolute atomic E-state index is 13.0. The second kappa shape index (κ2) is 10.5. The highest BCUT2D eigenvalue weighted by Crippen LogP contribution is 2.25. The van der Waals surface area contributed by atoms with Crippen LogP contribution in [0.4, 0.5) is 5.69 Å². The molecule has 9 nitrogen and oxygen atoms in total. The lowest BCUT2D eigenvalue weighted by Crippen LogP contribution is -2.55. The van der Waals surface area contributed by atoms with Crippen molar-refractivity contribution in [3.8, 4) is 0 Å². The third-order valence-electron chi connectivity index (χ3n) is 6.80. The molecule has 0 radical (unpaired) electrons. The maximum atomic E-state index is 13.0. The van der Waals surface area contributed by atoms with Gasteiger partial charge in [0.25, 0.3) is 16.1 Å². The monoisotopic (exact) mass is 477 g/mol. The summed E-state index contributed by atoms with van der Waals surface area (Å²) >= 11 is 0. The molecule has 0 atom stereocenters. The van der Waals surface area contributed by atoms with E-state index in [-0.39, 0.29) is 30.4 Å². The summed E-state index contributed by atoms with van der Waals surface area (Å²) in [6.07, 6.45) is 7.26. The van der Waals surface area contributed by atoms with Crippen molar-refractivity contribution in [2.75, 3.05) is 45.1 Å². The van der Waals surface area contributed by atoms with Crippen LogP contribution in [0.25, 0.3) is 0 Å². The Bertz CT molecular complexity index is 951. The highest BCUT2D eigenvalue weighted by Gasteiger charge is 2.34. The van der Waals surface area contributed by atoms with Gasteiger partial charge in [-0.25, -0.2) is 0 Å². The van der Waals surface area contributed by atoms with Gasteiger partial charge in [-0.05, 0) is 43.9 Å². The first-order chi connectivity index (χ1) is 15.8. The molecular formula is C23H35N5O4S. The van der Waals surface area contributed by atoms with Crippen LogP contribution in [0.3, 0.4) is 0 Å². The Hall–Kier alpha value is -2.01. The number of benzene rings is 1. The summed E-state index contributed by atoms with van der Waals surface area (Å²) in [5.74, 6) is -0.297. The van der Waals surface area contributed by atoms with Crippen LogP contribution in [0, 0.1) is 0 Å². The summed E-state index contributed by atoms with van der Waals surface area (Å²) in [5, 5.41) is 5.80. The quantitative estimate of drug-likeness (QED) is 0.593. The number of carbonyl (C=O) groups excluding carboxylic acids is 2. The van der Waals surface area contributed by atoms with Crippen LogP contribution in [0.5, 0.6) is 0 Å². The summed E-state index contributed by atoms with van der Waals surface area (Å²) in [6, 6.07) is 7.30. The van der Waals surface area contributed by atoms with Crippen molar-refractivity contribution >= 4 is 27.7 Å². The molecule has 0 aromatic heterocycles. The second-order valence-electron chi connectivity index (χ2n) is 9.37. The van der Waals surface area contributed by atoms with Gasteiger partial charge in [0, 0.05) is 56.6 Å². The van der Waals surface area contributed by atoms with E-state index in [1.54, 1.807) is 35.6 Å². The van der Waals surface area contributed by atoms with Gasteiger partial charge >= 0.3 is 0 Å². The van der Waals surface area contributed by atoms with E-state index >= 15 is 0 Å². The van der Waals surface area contributed by atoms with Crippen LogP contribution in [-0.2, 0) is 15.0 Å². The van der Waals surface area contributed by atoms with E-state index in [9.17, 15) is 18.0 Å². The standard InChI is InChI=1S/C23H35N5O4S/c1-26(21-8-3-2-4-9-21)33(31,32)28-14-12-27(13-15-28)17-22(29)24-20-7-5-6-18(16-20)23(30)25-19-10-11-19/h5-7,16,19,21H,2-4,8-15,17H2,1H3,(H,24,29)(H,25,30). The largest absolute Gasteiger partial charge is 0.349 e. The van der Waals surface area contributed by atoms with Gasteiger partial charge in [0.2, 0.25) is 5.91 Å². The van der Waals surface area contributed by atoms with E-state index in [0.717, 1.165) is 38.5 Å². The van der Waals surface area contributed by atoms with Gasteiger partial charge in [-0.3, -0.25) is 14.5 Å². The fourth-order valence-electron chi connectivity index (χ4n) is 4.57. The summed E-state index contributed by atoms with van der Waals surface area (Å²) in [5.41, 5.74) is 1.11. The van der Waals surface area contributed by atoms with Crippen LogP contribution in [0.1, 0.15) is 55.3 Å². The van der Waals surface area contributed by atoms with Crippen molar-refractivity contribution in [1.82, 2.24) is 18.8 Å². The first kappa shape index (κ1) is 24.1. The van der Waals surface area contributed by atoms with Gasteiger partial charge in [-0.15, -0.1) is 0 Å². The normalized spacial score (nSPS) is 21.2. The summed E-state index contributed by atoms with van der Waals surface area (Å²) < 4.78 is 29.2. The Morgan fingerprint density at radius 3 is 2.39 bits per heavy atom. The number of hydrogen-bond donors (Lipinski definition) is 2. The average molecular weight is 478 g/mol. The number of piperazine rings is 1. The van der Waals surface area contributed by atoms with Gasteiger partial charge in [0.15, 0.2) is 0 Å². The van der Waals surface area contributed by atoms with Crippen molar-refractivity contribution in [2.24, 2.45) is 0 Å². The van der Waals surface area contributed by atoms with Crippen molar-refractivity contribution in [1.29, 1.82) is 0 Å². The zero-order valence-electron chi connectivity index (χ0n) is 19.3. The molecule has 0 spiro atoms. The number of nitrogens with zero attached hydrogens (tertiary/aromatic N) is 3. The van der Waals surface area contributed by atoms with E-state index in [1.807, 2.05) is 4.90 Å². The Labute approximate surface area is 196 Å². The molecule has 182 valence electrons. The Morgan fingerprint density at radius 2 is 1.73 bits per heavy atom. The molecule has 1 aliphatic heterocycles. The van der Waals surface area contributed by atoms with Gasteiger partial charge in [-0.1, -0.05) is 25.3 Å². The molecule has 1 aromatic carbocycles. The molecule has 0 bridgehead atoms. The van der Waals surface area contributed by atoms with Crippen molar-refractivity contribution in [3.05, 3.63) is 29.8 Å². The molecule has 1 saturated heterocycles. The Morgan fingerprint density at radius 1 is 1.03 bits per heavy atom. The maximum Gasteiger partial charge on any atom is 0.282 e. The van der Waals surface area contributed by atoms with Gasteiger partial charge in [-0.2, -0.15) is 17.0 Å². The van der Waals surface area contributed by atoms with Gasteiger partial charge < -0.3 is 10.6 Å². The van der Waals surface area contributed by atoms with E-state index < -0.39 is 10.2 Å². The fourth-order valence-corrected chi connectivity index (χ4v) is 6.15. The molecule has 0 unspecified atom stereocenters. The third kappa shape index (κ3) is 6.32. The smallest absolute Gasteiger partial charge is 0.282 e. The van der Waals surface area contributed by atoms with Gasteiger partial charge in [0.1, 0.15) is 0 Å². The molecule has 3 fully saturated rings. The lowest BCUT2D eigenvalue weighted by Gasteiger charge is -2.38. The number of anilines is 1. The molecule has 33 heavy (non-hydrogen) atoms. The Kier molecular flexibility index (Phi) is 7.68. The highest BCUT2D eigenvalue weighted by molar-refractivity contribution is 7.86. The number of carbonyl (C=O) groups is 2. The topological polar surface area (TPSA) is 102 Å². The van der Waals surface area contributed by atoms with E-state index in [4.69, 9.17) is 0 Å². The summed E-state index contributed by atoms with van der Waals surface area (Å²) in [4.78, 5) is 26.7. The molecule has 2 aliphatic carbocycles. The predicted molar refractivity (Wildman–Crippen MR) is 127 cm³/mol. The number of hydrogen-bond acceptors (Lipinski definition) is 5. The average Bonchev–Trinajstić information content (AvgIpc) is 3.63. The fraction of sp³-hybridized carbons (Fsp3) is 0.652. The van der Waals surface area contributed by atoms with E-state index in [1.165, 1.54) is 10.7 Å². The SMILES string of the molecule is CN(C1CCCCC1)S(=O)(=O)N1CCN(CC(=O)Nc2cccc(C(=O)NC3CC3)c2)CC1. The molecule has 2 N–H and O–H groups in total. The lowest BCUT2D eigenvalue weighted by atomic mass is 9.96. The number of amides is 2. The number of rotatable bonds is 8. The minimum atomic E-state index is -3.48. The highest BCUT2D eigenvalue weighted by atomic mass is 32.2. The van der Waals surface area contributed by atoms with Crippen LogP contribution in [-0.4, -0.2) is 85.6 Å². The molecule has 2 amide bonds. The van der Waals surface area contributed by atoms with Crippen LogP contribution < -0.4 is 10.6 Å². The zero-order chi connectivity index (χ0) is 23.4. The molecule has 1 heterocycles. The molecule has 10 heteroatoms.